The predicted octanol–water partition coefficient (Wildman–Crippen LogP) is 2.50. The molecule has 8 nitrogen and oxygen atoms in total. The first-order chi connectivity index (χ1) is 12.1. The summed E-state index contributed by atoms with van der Waals surface area (Å²) in [6, 6.07) is 5.62. The van der Waals surface area contributed by atoms with Crippen molar-refractivity contribution in [1.82, 2.24) is 9.97 Å². The maximum Gasteiger partial charge on any atom is 0.417 e. The van der Waals surface area contributed by atoms with E-state index in [2.05, 4.69) is 15.3 Å². The van der Waals surface area contributed by atoms with Crippen LogP contribution < -0.4 is 11.1 Å². The summed E-state index contributed by atoms with van der Waals surface area (Å²) in [4.78, 5) is 18.1. The zero-order valence-electron chi connectivity index (χ0n) is 13.7. The van der Waals surface area contributed by atoms with Crippen molar-refractivity contribution in [3.63, 3.8) is 0 Å². The zero-order chi connectivity index (χ0) is 17.4. The molecule has 3 atom stereocenters. The fraction of sp³-hybridized carbons (Fsp3) is 0.412. The van der Waals surface area contributed by atoms with Crippen molar-refractivity contribution in [2.24, 2.45) is 0 Å². The standard InChI is InChI=1S/C17H19N3O5/c1-23-14-6-9(2-5-12(14)21)15-8-18-16(24-15)19-10-3-4-11-13(7-10)25-17(22)20-11/h3-4,7-9,12,14,21H,2,5-6H2,1H3,(H,18,19)(H,20,22)/t9?,12?,14-/m0/s1. The lowest BCUT2D eigenvalue weighted by Crippen LogP contribution is -2.34. The van der Waals surface area contributed by atoms with Crippen LogP contribution in [0.15, 0.2) is 38.0 Å². The van der Waals surface area contributed by atoms with Crippen LogP contribution in [0.3, 0.4) is 0 Å². The summed E-state index contributed by atoms with van der Waals surface area (Å²) in [7, 11) is 1.61. The number of aliphatic hydroxyl groups is 1. The Kier molecular flexibility index (Phi) is 4.06. The van der Waals surface area contributed by atoms with Gasteiger partial charge in [-0.3, -0.25) is 4.98 Å². The van der Waals surface area contributed by atoms with E-state index in [-0.39, 0.29) is 12.0 Å². The van der Waals surface area contributed by atoms with Gasteiger partial charge in [0, 0.05) is 24.8 Å². The highest BCUT2D eigenvalue weighted by Gasteiger charge is 2.31. The number of H-pyrrole nitrogens is 1. The number of nitrogens with zero attached hydrogens (tertiary/aromatic N) is 1. The van der Waals surface area contributed by atoms with E-state index in [1.54, 1.807) is 31.5 Å². The Morgan fingerprint density at radius 3 is 3.08 bits per heavy atom. The number of nitrogens with one attached hydrogen (secondary N) is 2. The Hall–Kier alpha value is -2.58. The second-order valence-electron chi connectivity index (χ2n) is 6.27. The summed E-state index contributed by atoms with van der Waals surface area (Å²) >= 11 is 0. The number of hydrogen-bond acceptors (Lipinski definition) is 7. The number of oxazole rings is 2. The summed E-state index contributed by atoms with van der Waals surface area (Å²) in [5.74, 6) is 0.449. The Bertz CT molecular complexity index is 928. The summed E-state index contributed by atoms with van der Waals surface area (Å²) in [6.07, 6.45) is 3.30. The normalized spacial score (nSPS) is 23.8. The van der Waals surface area contributed by atoms with Crippen molar-refractivity contribution in [3.05, 3.63) is 40.7 Å². The van der Waals surface area contributed by atoms with Gasteiger partial charge in [0.1, 0.15) is 5.76 Å². The molecule has 2 aromatic heterocycles. The second kappa shape index (κ2) is 6.38. The van der Waals surface area contributed by atoms with Crippen LogP contribution in [-0.4, -0.2) is 34.4 Å². The monoisotopic (exact) mass is 345 g/mol. The number of aromatic nitrogens is 2. The number of fused-ring (bicyclic) bond motifs is 1. The van der Waals surface area contributed by atoms with Gasteiger partial charge in [-0.05, 0) is 31.4 Å². The summed E-state index contributed by atoms with van der Waals surface area (Å²) in [5, 5.41) is 13.0. The van der Waals surface area contributed by atoms with E-state index in [0.717, 1.165) is 12.2 Å². The molecule has 1 saturated carbocycles. The molecule has 1 fully saturated rings. The topological polar surface area (TPSA) is 114 Å². The van der Waals surface area contributed by atoms with Crippen LogP contribution >= 0.6 is 0 Å². The number of rotatable bonds is 4. The van der Waals surface area contributed by atoms with Gasteiger partial charge in [0.05, 0.1) is 23.9 Å². The highest BCUT2D eigenvalue weighted by atomic mass is 16.5. The summed E-state index contributed by atoms with van der Waals surface area (Å²) in [5.41, 5.74) is 1.80. The number of ether oxygens (including phenoxy) is 1. The molecule has 1 aromatic carbocycles. The smallest absolute Gasteiger partial charge is 0.417 e. The molecular weight excluding hydrogens is 326 g/mol. The van der Waals surface area contributed by atoms with E-state index >= 15 is 0 Å². The molecule has 0 saturated heterocycles. The number of benzene rings is 1. The lowest BCUT2D eigenvalue weighted by Gasteiger charge is -2.31. The van der Waals surface area contributed by atoms with E-state index in [4.69, 9.17) is 13.6 Å². The van der Waals surface area contributed by atoms with Gasteiger partial charge in [0.2, 0.25) is 0 Å². The quantitative estimate of drug-likeness (QED) is 0.665. The number of methoxy groups -OCH3 is 1. The summed E-state index contributed by atoms with van der Waals surface area (Å²) < 4.78 is 16.2. The van der Waals surface area contributed by atoms with Crippen LogP contribution in [0.1, 0.15) is 30.9 Å². The number of aromatic amines is 1. The van der Waals surface area contributed by atoms with Gasteiger partial charge >= 0.3 is 5.76 Å². The average Bonchev–Trinajstić information content (AvgIpc) is 3.20. The minimum atomic E-state index is -0.488. The van der Waals surface area contributed by atoms with E-state index < -0.39 is 11.9 Å². The molecular formula is C17H19N3O5. The number of aliphatic hydroxyl groups excluding tert-OH is 1. The first kappa shape index (κ1) is 15.9. The fourth-order valence-corrected chi connectivity index (χ4v) is 3.30. The lowest BCUT2D eigenvalue weighted by atomic mass is 9.84. The maximum absolute atomic E-state index is 11.2. The largest absolute Gasteiger partial charge is 0.428 e. The number of anilines is 2. The Morgan fingerprint density at radius 1 is 1.36 bits per heavy atom. The van der Waals surface area contributed by atoms with E-state index in [1.807, 2.05) is 0 Å². The van der Waals surface area contributed by atoms with Crippen LogP contribution in [0.5, 0.6) is 0 Å². The molecule has 0 aliphatic heterocycles. The predicted molar refractivity (Wildman–Crippen MR) is 90.0 cm³/mol. The molecule has 25 heavy (non-hydrogen) atoms. The van der Waals surface area contributed by atoms with Crippen LogP contribution in [0, 0.1) is 0 Å². The zero-order valence-corrected chi connectivity index (χ0v) is 13.7. The van der Waals surface area contributed by atoms with Gasteiger partial charge in [-0.15, -0.1) is 0 Å². The van der Waals surface area contributed by atoms with Gasteiger partial charge in [-0.25, -0.2) is 9.78 Å². The first-order valence-corrected chi connectivity index (χ1v) is 8.19. The average molecular weight is 345 g/mol. The molecule has 8 heteroatoms. The summed E-state index contributed by atoms with van der Waals surface area (Å²) in [6.45, 7) is 0. The van der Waals surface area contributed by atoms with Gasteiger partial charge < -0.3 is 24.0 Å². The molecule has 0 radical (unpaired) electrons. The van der Waals surface area contributed by atoms with Crippen molar-refractivity contribution in [2.45, 2.75) is 37.4 Å². The third-order valence-electron chi connectivity index (χ3n) is 4.66. The van der Waals surface area contributed by atoms with Crippen molar-refractivity contribution < 1.29 is 18.7 Å². The molecule has 1 aliphatic rings. The van der Waals surface area contributed by atoms with E-state index in [1.165, 1.54) is 0 Å². The van der Waals surface area contributed by atoms with E-state index in [0.29, 0.717) is 35.6 Å². The lowest BCUT2D eigenvalue weighted by molar-refractivity contribution is -0.0429. The first-order valence-electron chi connectivity index (χ1n) is 8.19. The molecule has 0 spiro atoms. The van der Waals surface area contributed by atoms with Crippen LogP contribution in [0.4, 0.5) is 11.7 Å². The van der Waals surface area contributed by atoms with Crippen LogP contribution in [0.2, 0.25) is 0 Å². The molecule has 132 valence electrons. The second-order valence-corrected chi connectivity index (χ2v) is 6.27. The molecule has 3 aromatic rings. The minimum Gasteiger partial charge on any atom is -0.428 e. The maximum atomic E-state index is 11.2. The van der Waals surface area contributed by atoms with Crippen molar-refractivity contribution in [1.29, 1.82) is 0 Å². The Balaban J connectivity index is 1.49. The third-order valence-corrected chi connectivity index (χ3v) is 4.66. The molecule has 3 N–H and O–H groups in total. The van der Waals surface area contributed by atoms with Crippen LogP contribution in [-0.2, 0) is 4.74 Å². The van der Waals surface area contributed by atoms with Crippen molar-refractivity contribution in [2.75, 3.05) is 12.4 Å². The third kappa shape index (κ3) is 3.18. The molecule has 4 rings (SSSR count). The SMILES string of the molecule is CO[C@H]1CC(c2cnc(Nc3ccc4[nH]c(=O)oc4c3)o2)CCC1O. The molecule has 1 aliphatic carbocycles. The highest BCUT2D eigenvalue weighted by molar-refractivity contribution is 5.77. The molecule has 2 heterocycles. The Labute approximate surface area is 142 Å². The fourth-order valence-electron chi connectivity index (χ4n) is 3.30. The van der Waals surface area contributed by atoms with Gasteiger partial charge in [0.25, 0.3) is 6.01 Å². The van der Waals surface area contributed by atoms with Crippen molar-refractivity contribution >= 4 is 22.8 Å². The van der Waals surface area contributed by atoms with Gasteiger partial charge in [-0.1, -0.05) is 0 Å². The highest BCUT2D eigenvalue weighted by Crippen LogP contribution is 2.35. The van der Waals surface area contributed by atoms with Crippen molar-refractivity contribution in [3.8, 4) is 0 Å². The van der Waals surface area contributed by atoms with Gasteiger partial charge in [0.15, 0.2) is 5.58 Å². The molecule has 0 bridgehead atoms. The van der Waals surface area contributed by atoms with E-state index in [9.17, 15) is 9.90 Å². The Morgan fingerprint density at radius 2 is 2.24 bits per heavy atom. The number of hydrogen-bond donors (Lipinski definition) is 3. The molecule has 0 amide bonds. The van der Waals surface area contributed by atoms with Gasteiger partial charge in [-0.2, -0.15) is 0 Å². The molecule has 2 unspecified atom stereocenters. The van der Waals surface area contributed by atoms with Crippen LogP contribution in [0.25, 0.3) is 11.1 Å². The minimum absolute atomic E-state index is 0.168.